The van der Waals surface area contributed by atoms with Gasteiger partial charge in [0.05, 0.1) is 4.92 Å². The zero-order valence-electron chi connectivity index (χ0n) is 9.54. The lowest BCUT2D eigenvalue weighted by Crippen LogP contribution is -2.27. The third-order valence-corrected chi connectivity index (χ3v) is 4.54. The largest absolute Gasteiger partial charge is 0.289 e. The van der Waals surface area contributed by atoms with Crippen LogP contribution in [0.2, 0.25) is 0 Å². The molecule has 0 radical (unpaired) electrons. The Morgan fingerprint density at radius 3 is 2.67 bits per heavy atom. The minimum atomic E-state index is -3.91. The van der Waals surface area contributed by atoms with Crippen molar-refractivity contribution < 1.29 is 13.3 Å². The molecule has 0 spiro atoms. The van der Waals surface area contributed by atoms with Gasteiger partial charge in [0.15, 0.2) is 4.90 Å². The van der Waals surface area contributed by atoms with Gasteiger partial charge < -0.3 is 0 Å². The number of rotatable bonds is 5. The van der Waals surface area contributed by atoms with E-state index in [1.165, 1.54) is 25.3 Å². The summed E-state index contributed by atoms with van der Waals surface area (Å²) in [5, 5.41) is 10.8. The van der Waals surface area contributed by atoms with Crippen molar-refractivity contribution >= 4 is 31.6 Å². The van der Waals surface area contributed by atoms with E-state index in [0.717, 1.165) is 10.4 Å². The van der Waals surface area contributed by atoms with Crippen LogP contribution < -0.4 is 0 Å². The Morgan fingerprint density at radius 1 is 1.56 bits per heavy atom. The lowest BCUT2D eigenvalue weighted by molar-refractivity contribution is -0.387. The standard InChI is InChI=1S/C10H11BrN2O4S/c1-3-6-12(2)18(16,17)10-7-8(11)4-5-9(10)13(14)15/h3-5,7H,1,6H2,2H3. The van der Waals surface area contributed by atoms with Crippen molar-refractivity contribution in [2.45, 2.75) is 4.90 Å². The van der Waals surface area contributed by atoms with Crippen LogP contribution >= 0.6 is 15.9 Å². The van der Waals surface area contributed by atoms with Gasteiger partial charge in [-0.2, -0.15) is 4.31 Å². The zero-order chi connectivity index (χ0) is 13.9. The molecule has 0 heterocycles. The molecule has 0 aromatic heterocycles. The Bertz CT molecular complexity index is 586. The van der Waals surface area contributed by atoms with Crippen LogP contribution in [0.25, 0.3) is 0 Å². The van der Waals surface area contributed by atoms with Crippen LogP contribution in [-0.4, -0.2) is 31.2 Å². The van der Waals surface area contributed by atoms with Crippen LogP contribution in [0, 0.1) is 10.1 Å². The lowest BCUT2D eigenvalue weighted by Gasteiger charge is -2.15. The number of nitrogens with zero attached hydrogens (tertiary/aromatic N) is 2. The summed E-state index contributed by atoms with van der Waals surface area (Å²) in [6, 6.07) is 3.79. The van der Waals surface area contributed by atoms with Gasteiger partial charge >= 0.3 is 0 Å². The second kappa shape index (κ2) is 5.59. The maximum atomic E-state index is 12.2. The molecule has 0 atom stereocenters. The van der Waals surface area contributed by atoms with Crippen LogP contribution in [0.1, 0.15) is 0 Å². The third kappa shape index (κ3) is 2.95. The van der Waals surface area contributed by atoms with Crippen LogP contribution in [0.3, 0.4) is 0 Å². The smallest absolute Gasteiger partial charge is 0.258 e. The molecule has 0 saturated carbocycles. The first-order valence-electron chi connectivity index (χ1n) is 4.82. The highest BCUT2D eigenvalue weighted by Gasteiger charge is 2.29. The molecule has 1 rings (SSSR count). The van der Waals surface area contributed by atoms with Gasteiger partial charge in [0.2, 0.25) is 10.0 Å². The summed E-state index contributed by atoms with van der Waals surface area (Å²) >= 11 is 3.10. The Balaban J connectivity index is 3.43. The van der Waals surface area contributed by atoms with Crippen LogP contribution in [0.5, 0.6) is 0 Å². The second-order valence-corrected chi connectivity index (χ2v) is 6.37. The van der Waals surface area contributed by atoms with Crippen molar-refractivity contribution in [2.24, 2.45) is 0 Å². The monoisotopic (exact) mass is 334 g/mol. The Kier molecular flexibility index (Phi) is 4.60. The second-order valence-electron chi connectivity index (χ2n) is 3.44. The fourth-order valence-electron chi connectivity index (χ4n) is 1.29. The number of hydrogen-bond acceptors (Lipinski definition) is 4. The summed E-state index contributed by atoms with van der Waals surface area (Å²) in [4.78, 5) is 9.78. The van der Waals surface area contributed by atoms with Gasteiger partial charge in [-0.3, -0.25) is 10.1 Å². The fourth-order valence-corrected chi connectivity index (χ4v) is 3.13. The number of halogens is 1. The predicted octanol–water partition coefficient (Wildman–Crippen LogP) is 2.16. The molecular weight excluding hydrogens is 324 g/mol. The molecule has 0 N–H and O–H groups in total. The van der Waals surface area contributed by atoms with E-state index in [4.69, 9.17) is 0 Å². The lowest BCUT2D eigenvalue weighted by atomic mass is 10.3. The van der Waals surface area contributed by atoms with E-state index in [-0.39, 0.29) is 11.4 Å². The van der Waals surface area contributed by atoms with E-state index in [2.05, 4.69) is 22.5 Å². The molecule has 0 saturated heterocycles. The van der Waals surface area contributed by atoms with Gasteiger partial charge in [-0.15, -0.1) is 6.58 Å². The van der Waals surface area contributed by atoms with E-state index >= 15 is 0 Å². The van der Waals surface area contributed by atoms with E-state index in [9.17, 15) is 18.5 Å². The predicted molar refractivity (Wildman–Crippen MR) is 70.8 cm³/mol. The summed E-state index contributed by atoms with van der Waals surface area (Å²) < 4.78 is 25.8. The first kappa shape index (κ1) is 14.8. The highest BCUT2D eigenvalue weighted by molar-refractivity contribution is 9.10. The number of nitro benzene ring substituents is 1. The summed E-state index contributed by atoms with van der Waals surface area (Å²) in [6.45, 7) is 3.51. The van der Waals surface area contributed by atoms with Gasteiger partial charge in [-0.25, -0.2) is 8.42 Å². The van der Waals surface area contributed by atoms with Crippen LogP contribution in [0.4, 0.5) is 5.69 Å². The van der Waals surface area contributed by atoms with Crippen molar-refractivity contribution in [1.82, 2.24) is 4.31 Å². The maximum absolute atomic E-state index is 12.2. The van der Waals surface area contributed by atoms with Gasteiger partial charge in [-0.1, -0.05) is 22.0 Å². The normalized spacial score (nSPS) is 11.5. The van der Waals surface area contributed by atoms with E-state index in [0.29, 0.717) is 4.47 Å². The molecule has 0 aliphatic carbocycles. The van der Waals surface area contributed by atoms with Crippen molar-refractivity contribution in [1.29, 1.82) is 0 Å². The molecule has 8 heteroatoms. The molecule has 0 aliphatic rings. The average Bonchev–Trinajstić information content (AvgIpc) is 2.28. The zero-order valence-corrected chi connectivity index (χ0v) is 11.9. The highest BCUT2D eigenvalue weighted by atomic mass is 79.9. The molecule has 0 amide bonds. The average molecular weight is 335 g/mol. The topological polar surface area (TPSA) is 80.5 Å². The van der Waals surface area contributed by atoms with Crippen molar-refractivity contribution in [2.75, 3.05) is 13.6 Å². The van der Waals surface area contributed by atoms with E-state index in [1.807, 2.05) is 0 Å². The fraction of sp³-hybridized carbons (Fsp3) is 0.200. The third-order valence-electron chi connectivity index (χ3n) is 2.19. The quantitative estimate of drug-likeness (QED) is 0.469. The van der Waals surface area contributed by atoms with Gasteiger partial charge in [-0.05, 0) is 12.1 Å². The molecular formula is C10H11BrN2O4S. The van der Waals surface area contributed by atoms with Crippen molar-refractivity contribution in [3.8, 4) is 0 Å². The van der Waals surface area contributed by atoms with Gasteiger partial charge in [0, 0.05) is 24.1 Å². The van der Waals surface area contributed by atoms with Crippen molar-refractivity contribution in [3.05, 3.63) is 45.4 Å². The molecule has 1 aromatic rings. The summed E-state index contributed by atoms with van der Waals surface area (Å²) in [5.74, 6) is 0. The number of benzene rings is 1. The maximum Gasteiger partial charge on any atom is 0.289 e. The molecule has 98 valence electrons. The Hall–Kier alpha value is -1.25. The minimum Gasteiger partial charge on any atom is -0.258 e. The summed E-state index contributed by atoms with van der Waals surface area (Å²) in [7, 11) is -2.57. The van der Waals surface area contributed by atoms with Gasteiger partial charge in [0.25, 0.3) is 5.69 Å². The van der Waals surface area contributed by atoms with Gasteiger partial charge in [0.1, 0.15) is 0 Å². The van der Waals surface area contributed by atoms with Crippen molar-refractivity contribution in [3.63, 3.8) is 0 Å². The molecule has 1 aromatic carbocycles. The number of sulfonamides is 1. The Morgan fingerprint density at radius 2 is 2.17 bits per heavy atom. The number of likely N-dealkylation sites (N-methyl/N-ethyl adjacent to an activating group) is 1. The number of nitro groups is 1. The van der Waals surface area contributed by atoms with E-state index < -0.39 is 20.6 Å². The molecule has 0 bridgehead atoms. The minimum absolute atomic E-state index is 0.0754. The van der Waals surface area contributed by atoms with Crippen LogP contribution in [-0.2, 0) is 10.0 Å². The number of hydrogen-bond donors (Lipinski definition) is 0. The highest BCUT2D eigenvalue weighted by Crippen LogP contribution is 2.29. The molecule has 18 heavy (non-hydrogen) atoms. The Labute approximate surface area is 113 Å². The molecule has 0 fully saturated rings. The summed E-state index contributed by atoms with van der Waals surface area (Å²) in [6.07, 6.45) is 1.40. The molecule has 0 unspecified atom stereocenters. The van der Waals surface area contributed by atoms with E-state index in [1.54, 1.807) is 0 Å². The first-order chi connectivity index (χ1) is 8.30. The molecule has 6 nitrogen and oxygen atoms in total. The SMILES string of the molecule is C=CCN(C)S(=O)(=O)c1cc(Br)ccc1[N+](=O)[O-]. The molecule has 0 aliphatic heterocycles. The van der Waals surface area contributed by atoms with Crippen LogP contribution in [0.15, 0.2) is 40.2 Å². The first-order valence-corrected chi connectivity index (χ1v) is 7.05. The summed E-state index contributed by atoms with van der Waals surface area (Å²) in [5.41, 5.74) is -0.450.